The lowest BCUT2D eigenvalue weighted by Crippen LogP contribution is -2.51. The second kappa shape index (κ2) is 10.8. The molecule has 0 aliphatic carbocycles. The quantitative estimate of drug-likeness (QED) is 0.368. The molecule has 0 spiro atoms. The molecule has 0 aromatic heterocycles. The van der Waals surface area contributed by atoms with E-state index in [9.17, 15) is 4.79 Å². The summed E-state index contributed by atoms with van der Waals surface area (Å²) in [6.07, 6.45) is 0. The van der Waals surface area contributed by atoms with Crippen molar-refractivity contribution < 1.29 is 19.0 Å². The first-order valence-corrected chi connectivity index (χ1v) is 12.4. The highest BCUT2D eigenvalue weighted by molar-refractivity contribution is 8.01. The van der Waals surface area contributed by atoms with E-state index in [2.05, 4.69) is 6.58 Å². The molecule has 0 radical (unpaired) electrons. The van der Waals surface area contributed by atoms with Gasteiger partial charge in [-0.3, -0.25) is 4.79 Å². The number of hydrogen-bond acceptors (Lipinski definition) is 5. The molecule has 0 saturated carbocycles. The Labute approximate surface area is 215 Å². The lowest BCUT2D eigenvalue weighted by atomic mass is 9.87. The smallest absolute Gasteiger partial charge is 0.252 e. The summed E-state index contributed by atoms with van der Waals surface area (Å²) in [5.41, 5.74) is 3.45. The van der Waals surface area contributed by atoms with Gasteiger partial charge < -0.3 is 19.1 Å². The van der Waals surface area contributed by atoms with Gasteiger partial charge in [-0.15, -0.1) is 11.8 Å². The molecule has 7 heteroatoms. The Balaban J connectivity index is 1.92. The molecule has 182 valence electrons. The largest absolute Gasteiger partial charge is 0.497 e. The third-order valence-electron chi connectivity index (χ3n) is 6.18. The van der Waals surface area contributed by atoms with Gasteiger partial charge in [0, 0.05) is 24.4 Å². The van der Waals surface area contributed by atoms with Crippen LogP contribution in [0.3, 0.4) is 0 Å². The normalized spacial score (nSPS) is 20.1. The van der Waals surface area contributed by atoms with E-state index in [1.165, 1.54) is 0 Å². The number of ether oxygens (including phenoxy) is 3. The molecule has 35 heavy (non-hydrogen) atoms. The highest BCUT2D eigenvalue weighted by Gasteiger charge is 2.52. The summed E-state index contributed by atoms with van der Waals surface area (Å²) in [7, 11) is 4.90. The molecule has 1 aliphatic rings. The van der Waals surface area contributed by atoms with Crippen molar-refractivity contribution in [2.45, 2.75) is 10.00 Å². The number of benzene rings is 3. The van der Waals surface area contributed by atoms with E-state index in [1.54, 1.807) is 38.0 Å². The van der Waals surface area contributed by atoms with Gasteiger partial charge in [0.05, 0.1) is 26.1 Å². The highest BCUT2D eigenvalue weighted by Crippen LogP contribution is 2.57. The van der Waals surface area contributed by atoms with Crippen molar-refractivity contribution in [1.29, 1.82) is 0 Å². The molecule has 1 amide bonds. The van der Waals surface area contributed by atoms with Crippen molar-refractivity contribution >= 4 is 29.3 Å². The predicted molar refractivity (Wildman–Crippen MR) is 141 cm³/mol. The van der Waals surface area contributed by atoms with E-state index in [1.807, 2.05) is 72.8 Å². The van der Waals surface area contributed by atoms with Gasteiger partial charge in [-0.1, -0.05) is 54.6 Å². The van der Waals surface area contributed by atoms with Crippen LogP contribution in [0.2, 0.25) is 5.02 Å². The topological polar surface area (TPSA) is 48.0 Å². The van der Waals surface area contributed by atoms with E-state index in [-0.39, 0.29) is 11.2 Å². The van der Waals surface area contributed by atoms with Crippen LogP contribution in [0.25, 0.3) is 0 Å². The van der Waals surface area contributed by atoms with Gasteiger partial charge >= 0.3 is 0 Å². The van der Waals surface area contributed by atoms with Crippen LogP contribution < -0.4 is 9.47 Å². The van der Waals surface area contributed by atoms with Gasteiger partial charge in [0.2, 0.25) is 0 Å². The molecule has 1 saturated heterocycles. The van der Waals surface area contributed by atoms with Crippen LogP contribution in [0, 0.1) is 0 Å². The minimum Gasteiger partial charge on any atom is -0.497 e. The molecule has 2 unspecified atom stereocenters. The zero-order chi connectivity index (χ0) is 25.0. The zero-order valence-electron chi connectivity index (χ0n) is 20.0. The van der Waals surface area contributed by atoms with Gasteiger partial charge in [0.15, 0.2) is 0 Å². The van der Waals surface area contributed by atoms with E-state index in [0.29, 0.717) is 18.2 Å². The van der Waals surface area contributed by atoms with Crippen molar-refractivity contribution in [3.05, 3.63) is 107 Å². The number of carbonyl (C=O) groups is 1. The summed E-state index contributed by atoms with van der Waals surface area (Å²) in [6, 6.07) is 23.0. The lowest BCUT2D eigenvalue weighted by molar-refractivity contribution is -0.132. The summed E-state index contributed by atoms with van der Waals surface area (Å²) in [4.78, 5) is 16.1. The summed E-state index contributed by atoms with van der Waals surface area (Å²) in [6.45, 7) is 5.14. The molecule has 1 fully saturated rings. The SMILES string of the molecule is C=C1C(c2ccc(OC)cc2)SC(c2ccc(Cl)cc2)(c2ccc(OC)cc2)C(=O)N1CCOC. The fourth-order valence-electron chi connectivity index (χ4n) is 4.28. The Bertz CT molecular complexity index is 1180. The maximum Gasteiger partial charge on any atom is 0.252 e. The van der Waals surface area contributed by atoms with Crippen LogP contribution in [0.4, 0.5) is 0 Å². The van der Waals surface area contributed by atoms with Crippen LogP contribution in [0.1, 0.15) is 21.9 Å². The fourth-order valence-corrected chi connectivity index (χ4v) is 6.08. The Morgan fingerprint density at radius 3 is 1.91 bits per heavy atom. The molecule has 1 aliphatic heterocycles. The predicted octanol–water partition coefficient (Wildman–Crippen LogP) is 6.08. The molecule has 1 heterocycles. The van der Waals surface area contributed by atoms with Crippen LogP contribution in [0.5, 0.6) is 11.5 Å². The first kappa shape index (κ1) is 25.2. The van der Waals surface area contributed by atoms with Crippen LogP contribution in [-0.4, -0.2) is 45.3 Å². The Morgan fingerprint density at radius 1 is 0.886 bits per heavy atom. The first-order valence-electron chi connectivity index (χ1n) is 11.2. The number of thioether (sulfide) groups is 1. The molecule has 3 aromatic carbocycles. The van der Waals surface area contributed by atoms with Crippen molar-refractivity contribution in [2.75, 3.05) is 34.5 Å². The average Bonchev–Trinajstić information content (AvgIpc) is 2.90. The third-order valence-corrected chi connectivity index (χ3v) is 8.21. The maximum atomic E-state index is 14.4. The minimum atomic E-state index is -1.03. The van der Waals surface area contributed by atoms with Crippen LogP contribution in [0.15, 0.2) is 85.1 Å². The number of amides is 1. The van der Waals surface area contributed by atoms with Crippen molar-refractivity contribution in [3.63, 3.8) is 0 Å². The summed E-state index contributed by atoms with van der Waals surface area (Å²) in [5.74, 6) is 1.43. The lowest BCUT2D eigenvalue weighted by Gasteiger charge is -2.46. The molecule has 3 aromatic rings. The number of carbonyl (C=O) groups excluding carboxylic acids is 1. The zero-order valence-corrected chi connectivity index (χ0v) is 21.6. The van der Waals surface area contributed by atoms with Crippen molar-refractivity contribution in [2.24, 2.45) is 0 Å². The molecular formula is C28H28ClNO4S. The van der Waals surface area contributed by atoms with Gasteiger partial charge in [-0.05, 0) is 53.1 Å². The first-order chi connectivity index (χ1) is 16.9. The third kappa shape index (κ3) is 4.79. The number of halogens is 1. The molecule has 0 N–H and O–H groups in total. The minimum absolute atomic E-state index is 0.0678. The van der Waals surface area contributed by atoms with Gasteiger partial charge in [-0.25, -0.2) is 0 Å². The maximum absolute atomic E-state index is 14.4. The summed E-state index contributed by atoms with van der Waals surface area (Å²) >= 11 is 7.80. The fraction of sp³-hybridized carbons (Fsp3) is 0.250. The second-order valence-corrected chi connectivity index (χ2v) is 9.88. The van der Waals surface area contributed by atoms with E-state index >= 15 is 0 Å². The monoisotopic (exact) mass is 509 g/mol. The van der Waals surface area contributed by atoms with Crippen LogP contribution >= 0.6 is 23.4 Å². The van der Waals surface area contributed by atoms with E-state index < -0.39 is 4.75 Å². The number of rotatable bonds is 8. The summed E-state index contributed by atoms with van der Waals surface area (Å²) in [5, 5.41) is 0.424. The Kier molecular flexibility index (Phi) is 7.75. The summed E-state index contributed by atoms with van der Waals surface area (Å²) < 4.78 is 15.0. The molecule has 4 rings (SSSR count). The van der Waals surface area contributed by atoms with E-state index in [0.717, 1.165) is 33.9 Å². The molecule has 0 bridgehead atoms. The Morgan fingerprint density at radius 2 is 1.40 bits per heavy atom. The second-order valence-electron chi connectivity index (χ2n) is 8.13. The highest BCUT2D eigenvalue weighted by atomic mass is 35.5. The Hall–Kier alpha value is -2.93. The average molecular weight is 510 g/mol. The van der Waals surface area contributed by atoms with Gasteiger partial charge in [-0.2, -0.15) is 0 Å². The van der Waals surface area contributed by atoms with E-state index in [4.69, 9.17) is 25.8 Å². The number of hydrogen-bond donors (Lipinski definition) is 0. The standard InChI is InChI=1S/C28H28ClNO4S/c1-19-26(20-5-13-24(33-3)14-6-20)35-28(21-7-11-23(29)12-8-21,27(31)30(19)17-18-32-2)22-9-15-25(34-4)16-10-22/h5-16,26H,1,17-18H2,2-4H3. The molecule has 2 atom stereocenters. The van der Waals surface area contributed by atoms with Gasteiger partial charge in [0.1, 0.15) is 16.2 Å². The number of methoxy groups -OCH3 is 3. The van der Waals surface area contributed by atoms with Gasteiger partial charge in [0.25, 0.3) is 5.91 Å². The molecule has 5 nitrogen and oxygen atoms in total. The molecular weight excluding hydrogens is 482 g/mol. The number of nitrogens with zero attached hydrogens (tertiary/aromatic N) is 1. The van der Waals surface area contributed by atoms with Crippen molar-refractivity contribution in [3.8, 4) is 11.5 Å². The van der Waals surface area contributed by atoms with Crippen LogP contribution in [-0.2, 0) is 14.3 Å². The van der Waals surface area contributed by atoms with Crippen molar-refractivity contribution in [1.82, 2.24) is 4.90 Å².